The number of phenolic OH excluding ortho intramolecular Hbond substituents is 1. The monoisotopic (exact) mass is 301 g/mol. The van der Waals surface area contributed by atoms with Crippen molar-refractivity contribution in [1.29, 1.82) is 0 Å². The van der Waals surface area contributed by atoms with Crippen molar-refractivity contribution in [1.82, 2.24) is 15.0 Å². The topological polar surface area (TPSA) is 50.9 Å². The summed E-state index contributed by atoms with van der Waals surface area (Å²) < 4.78 is 0. The average Bonchev–Trinajstić information content (AvgIpc) is 2.89. The molecular weight excluding hydrogens is 286 g/mol. The molecule has 0 aliphatic carbocycles. The maximum Gasteiger partial charge on any atom is 0.146 e. The van der Waals surface area contributed by atoms with Crippen LogP contribution in [0.2, 0.25) is 5.02 Å². The number of halogens is 1. The highest BCUT2D eigenvalue weighted by molar-refractivity contribution is 6.31. The van der Waals surface area contributed by atoms with Gasteiger partial charge in [-0.25, -0.2) is 0 Å². The number of phenols is 1. The molecule has 108 valence electrons. The van der Waals surface area contributed by atoms with Gasteiger partial charge >= 0.3 is 0 Å². The molecule has 0 fully saturated rings. The summed E-state index contributed by atoms with van der Waals surface area (Å²) in [7, 11) is 0. The highest BCUT2D eigenvalue weighted by atomic mass is 35.5. The highest BCUT2D eigenvalue weighted by Gasteiger charge is 2.12. The third-order valence-electron chi connectivity index (χ3n) is 3.46. The minimum absolute atomic E-state index is 0.248. The van der Waals surface area contributed by atoms with Gasteiger partial charge in [0.15, 0.2) is 0 Å². The van der Waals surface area contributed by atoms with Gasteiger partial charge in [-0.3, -0.25) is 0 Å². The number of para-hydroxylation sites is 1. The molecule has 0 spiro atoms. The smallest absolute Gasteiger partial charge is 0.146 e. The van der Waals surface area contributed by atoms with Crippen LogP contribution < -0.4 is 0 Å². The molecule has 1 N–H and O–H groups in total. The van der Waals surface area contributed by atoms with Crippen LogP contribution in [0.4, 0.5) is 0 Å². The lowest BCUT2D eigenvalue weighted by Gasteiger charge is -2.08. The molecule has 0 saturated carbocycles. The van der Waals surface area contributed by atoms with Gasteiger partial charge in [-0.2, -0.15) is 0 Å². The first kappa shape index (κ1) is 13.9. The summed E-state index contributed by atoms with van der Waals surface area (Å²) in [5.41, 5.74) is 2.98. The Hall–Kier alpha value is -2.07. The Bertz CT molecular complexity index is 782. The quantitative estimate of drug-likeness (QED) is 0.788. The van der Waals surface area contributed by atoms with Crippen LogP contribution in [-0.2, 0) is 6.42 Å². The molecule has 0 unspecified atom stereocenters. The summed E-state index contributed by atoms with van der Waals surface area (Å²) >= 11 is 5.96. The van der Waals surface area contributed by atoms with E-state index in [1.807, 2.05) is 24.3 Å². The Morgan fingerprint density at radius 3 is 2.76 bits per heavy atom. The zero-order valence-corrected chi connectivity index (χ0v) is 12.5. The Morgan fingerprint density at radius 1 is 1.14 bits per heavy atom. The van der Waals surface area contributed by atoms with Crippen molar-refractivity contribution in [3.8, 4) is 11.4 Å². The van der Waals surface area contributed by atoms with E-state index in [0.29, 0.717) is 16.2 Å². The van der Waals surface area contributed by atoms with Gasteiger partial charge in [0.2, 0.25) is 0 Å². The molecule has 2 aromatic carbocycles. The van der Waals surface area contributed by atoms with E-state index >= 15 is 0 Å². The largest absolute Gasteiger partial charge is 0.505 e. The van der Waals surface area contributed by atoms with Crippen molar-refractivity contribution in [2.45, 2.75) is 26.2 Å². The van der Waals surface area contributed by atoms with Crippen molar-refractivity contribution in [3.63, 3.8) is 0 Å². The maximum atomic E-state index is 10.4. The van der Waals surface area contributed by atoms with E-state index in [1.54, 1.807) is 12.1 Å². The summed E-state index contributed by atoms with van der Waals surface area (Å²) in [6, 6.07) is 11.0. The molecule has 3 rings (SSSR count). The lowest BCUT2D eigenvalue weighted by molar-refractivity contribution is 0.459. The molecule has 4 nitrogen and oxygen atoms in total. The van der Waals surface area contributed by atoms with Crippen LogP contribution in [-0.4, -0.2) is 20.1 Å². The lowest BCUT2D eigenvalue weighted by atomic mass is 10.1. The highest BCUT2D eigenvalue weighted by Crippen LogP contribution is 2.27. The van der Waals surface area contributed by atoms with Crippen molar-refractivity contribution < 1.29 is 5.11 Å². The zero-order chi connectivity index (χ0) is 14.8. The van der Waals surface area contributed by atoms with Crippen molar-refractivity contribution in [2.75, 3.05) is 0 Å². The molecular formula is C16H16ClN3O. The van der Waals surface area contributed by atoms with Crippen LogP contribution in [0, 0.1) is 0 Å². The first-order valence-electron chi connectivity index (χ1n) is 7.03. The molecule has 5 heteroatoms. The fourth-order valence-corrected chi connectivity index (χ4v) is 2.47. The third kappa shape index (κ3) is 2.72. The molecule has 0 radical (unpaired) electrons. The van der Waals surface area contributed by atoms with Crippen LogP contribution in [0.15, 0.2) is 36.4 Å². The predicted octanol–water partition coefficient (Wildman–Crippen LogP) is 4.12. The minimum atomic E-state index is 0.248. The molecule has 3 aromatic rings. The van der Waals surface area contributed by atoms with Crippen molar-refractivity contribution in [2.24, 2.45) is 0 Å². The molecule has 0 amide bonds. The van der Waals surface area contributed by atoms with Crippen LogP contribution in [0.3, 0.4) is 0 Å². The maximum absolute atomic E-state index is 10.4. The minimum Gasteiger partial charge on any atom is -0.505 e. The van der Waals surface area contributed by atoms with Gasteiger partial charge in [-0.1, -0.05) is 37.1 Å². The predicted molar refractivity (Wildman–Crippen MR) is 84.2 cm³/mol. The SMILES string of the molecule is CCCCc1cccc(-n2nc3ccc(Cl)cc3n2)c1O. The van der Waals surface area contributed by atoms with Gasteiger partial charge in [0.25, 0.3) is 0 Å². The van der Waals surface area contributed by atoms with Crippen LogP contribution in [0.25, 0.3) is 16.7 Å². The van der Waals surface area contributed by atoms with E-state index in [0.717, 1.165) is 30.3 Å². The fraction of sp³-hybridized carbons (Fsp3) is 0.250. The van der Waals surface area contributed by atoms with E-state index in [9.17, 15) is 5.11 Å². The Labute approximate surface area is 128 Å². The molecule has 21 heavy (non-hydrogen) atoms. The average molecular weight is 302 g/mol. The molecule has 1 heterocycles. The van der Waals surface area contributed by atoms with E-state index in [4.69, 9.17) is 11.6 Å². The van der Waals surface area contributed by atoms with Crippen molar-refractivity contribution in [3.05, 3.63) is 47.0 Å². The number of aryl methyl sites for hydroxylation is 1. The standard InChI is InChI=1S/C16H16ClN3O/c1-2-3-5-11-6-4-7-15(16(11)21)20-18-13-9-8-12(17)10-14(13)19-20/h4,6-10,21H,2-3,5H2,1H3. The van der Waals surface area contributed by atoms with E-state index in [1.165, 1.54) is 4.80 Å². The van der Waals surface area contributed by atoms with Gasteiger partial charge in [-0.15, -0.1) is 15.0 Å². The lowest BCUT2D eigenvalue weighted by Crippen LogP contribution is -2.00. The van der Waals surface area contributed by atoms with E-state index in [2.05, 4.69) is 17.1 Å². The number of hydrogen-bond donors (Lipinski definition) is 1. The zero-order valence-electron chi connectivity index (χ0n) is 11.8. The van der Waals surface area contributed by atoms with Crippen LogP contribution >= 0.6 is 11.6 Å². The number of aromatic hydroxyl groups is 1. The summed E-state index contributed by atoms with van der Waals surface area (Å²) in [5, 5.41) is 19.8. The van der Waals surface area contributed by atoms with Gasteiger partial charge in [0, 0.05) is 5.02 Å². The third-order valence-corrected chi connectivity index (χ3v) is 3.69. The molecule has 0 aliphatic heterocycles. The number of unbranched alkanes of at least 4 members (excludes halogenated alkanes) is 1. The Kier molecular flexibility index (Phi) is 3.80. The fourth-order valence-electron chi connectivity index (χ4n) is 2.30. The number of aromatic nitrogens is 3. The summed E-state index contributed by atoms with van der Waals surface area (Å²) in [4.78, 5) is 1.46. The van der Waals surface area contributed by atoms with Gasteiger partial charge in [0.05, 0.1) is 0 Å². The normalized spacial score (nSPS) is 11.1. The number of benzene rings is 2. The first-order chi connectivity index (χ1) is 10.2. The molecule has 1 aromatic heterocycles. The number of rotatable bonds is 4. The van der Waals surface area contributed by atoms with E-state index < -0.39 is 0 Å². The second-order valence-electron chi connectivity index (χ2n) is 5.01. The Morgan fingerprint density at radius 2 is 1.95 bits per heavy atom. The van der Waals surface area contributed by atoms with Crippen LogP contribution in [0.1, 0.15) is 25.3 Å². The second-order valence-corrected chi connectivity index (χ2v) is 5.45. The number of hydrogen-bond acceptors (Lipinski definition) is 3. The van der Waals surface area contributed by atoms with Crippen molar-refractivity contribution >= 4 is 22.6 Å². The molecule has 0 atom stereocenters. The van der Waals surface area contributed by atoms with E-state index in [-0.39, 0.29) is 5.75 Å². The first-order valence-corrected chi connectivity index (χ1v) is 7.40. The summed E-state index contributed by atoms with van der Waals surface area (Å²) in [6.07, 6.45) is 2.98. The number of fused-ring (bicyclic) bond motifs is 1. The van der Waals surface area contributed by atoms with Gasteiger partial charge in [0.1, 0.15) is 22.5 Å². The Balaban J connectivity index is 2.05. The second kappa shape index (κ2) is 5.74. The van der Waals surface area contributed by atoms with Gasteiger partial charge in [-0.05, 0) is 42.7 Å². The molecule has 0 aliphatic rings. The van der Waals surface area contributed by atoms with Gasteiger partial charge < -0.3 is 5.11 Å². The number of nitrogens with zero attached hydrogens (tertiary/aromatic N) is 3. The summed E-state index contributed by atoms with van der Waals surface area (Å²) in [5.74, 6) is 0.248. The summed E-state index contributed by atoms with van der Waals surface area (Å²) in [6.45, 7) is 2.13. The molecule has 0 bridgehead atoms. The molecule has 0 saturated heterocycles. The van der Waals surface area contributed by atoms with Crippen LogP contribution in [0.5, 0.6) is 5.75 Å².